The van der Waals surface area contributed by atoms with Crippen LogP contribution in [0, 0.1) is 10.8 Å². The maximum atomic E-state index is 12.6. The summed E-state index contributed by atoms with van der Waals surface area (Å²) < 4.78 is 0. The van der Waals surface area contributed by atoms with Gasteiger partial charge in [-0.05, 0) is 66.5 Å². The lowest BCUT2D eigenvalue weighted by molar-refractivity contribution is 0.0761. The summed E-state index contributed by atoms with van der Waals surface area (Å²) in [7, 11) is 0. The minimum Gasteiger partial charge on any atom is -0.337 e. The highest BCUT2D eigenvalue weighted by molar-refractivity contribution is 6.31. The first-order valence-corrected chi connectivity index (χ1v) is 11.4. The topological polar surface area (TPSA) is 82.3 Å². The number of hydrogen-bond acceptors (Lipinski definition) is 2. The second-order valence-corrected chi connectivity index (χ2v) is 10.6. The molecule has 2 aromatic carbocycles. The first-order valence-electron chi connectivity index (χ1n) is 10.7. The van der Waals surface area contributed by atoms with E-state index in [2.05, 4.69) is 42.0 Å². The molecule has 3 rings (SSSR count). The molecule has 32 heavy (non-hydrogen) atoms. The van der Waals surface area contributed by atoms with Gasteiger partial charge in [-0.3, -0.25) is 0 Å². The van der Waals surface area contributed by atoms with Crippen molar-refractivity contribution in [2.75, 3.05) is 17.2 Å². The van der Waals surface area contributed by atoms with Crippen LogP contribution >= 0.6 is 23.2 Å². The van der Waals surface area contributed by atoms with Gasteiger partial charge in [-0.25, -0.2) is 9.59 Å². The van der Waals surface area contributed by atoms with Gasteiger partial charge in [0.1, 0.15) is 0 Å². The quantitative estimate of drug-likeness (QED) is 0.395. The number of amides is 4. The monoisotopic (exact) mass is 476 g/mol. The number of nitrogens with one attached hydrogen (secondary N) is 4. The zero-order valence-corrected chi connectivity index (χ0v) is 20.1. The molecule has 4 N–H and O–H groups in total. The van der Waals surface area contributed by atoms with Gasteiger partial charge in [0.05, 0.1) is 0 Å². The Kier molecular flexibility index (Phi) is 7.57. The molecule has 0 aromatic heterocycles. The van der Waals surface area contributed by atoms with Crippen molar-refractivity contribution < 1.29 is 9.59 Å². The van der Waals surface area contributed by atoms with Gasteiger partial charge < -0.3 is 21.3 Å². The SMILES string of the molecule is CC1(C)C[C@@H](NC(=O)Nc2cccc(Cl)c2)C[C@@](C)(CNC(=O)Nc2cccc(Cl)c2)C1. The molecule has 1 aliphatic rings. The van der Waals surface area contributed by atoms with Crippen LogP contribution in [0.3, 0.4) is 0 Å². The van der Waals surface area contributed by atoms with Gasteiger partial charge in [0.15, 0.2) is 0 Å². The molecule has 0 radical (unpaired) electrons. The number of carbonyl (C=O) groups excluding carboxylic acids is 2. The molecule has 172 valence electrons. The lowest BCUT2D eigenvalue weighted by atomic mass is 9.62. The first kappa shape index (κ1) is 24.2. The molecule has 0 bridgehead atoms. The Morgan fingerprint density at radius 1 is 0.906 bits per heavy atom. The predicted octanol–water partition coefficient (Wildman–Crippen LogP) is 6.52. The van der Waals surface area contributed by atoms with E-state index in [0.717, 1.165) is 19.3 Å². The highest BCUT2D eigenvalue weighted by atomic mass is 35.5. The zero-order chi connectivity index (χ0) is 23.4. The van der Waals surface area contributed by atoms with Crippen molar-refractivity contribution in [1.82, 2.24) is 10.6 Å². The maximum Gasteiger partial charge on any atom is 0.319 e. The van der Waals surface area contributed by atoms with Crippen LogP contribution < -0.4 is 21.3 Å². The molecule has 0 aliphatic heterocycles. The standard InChI is InChI=1S/C24H30Cl2N4O2/c1-23(2)12-20(30-22(32)29-19-9-5-7-17(26)11-19)13-24(3,14-23)15-27-21(31)28-18-8-4-6-16(25)10-18/h4-11,20H,12-15H2,1-3H3,(H2,27,28,31)(H2,29,30,32)/t20-,24-/m1/s1. The van der Waals surface area contributed by atoms with Crippen molar-refractivity contribution in [3.63, 3.8) is 0 Å². The normalized spacial score (nSPS) is 22.0. The fourth-order valence-electron chi connectivity index (χ4n) is 4.82. The van der Waals surface area contributed by atoms with E-state index >= 15 is 0 Å². The molecular weight excluding hydrogens is 447 g/mol. The summed E-state index contributed by atoms with van der Waals surface area (Å²) in [5.41, 5.74) is 1.14. The summed E-state index contributed by atoms with van der Waals surface area (Å²) in [5, 5.41) is 12.9. The third-order valence-corrected chi connectivity index (χ3v) is 6.09. The van der Waals surface area contributed by atoms with Crippen LogP contribution in [0.25, 0.3) is 0 Å². The van der Waals surface area contributed by atoms with Crippen molar-refractivity contribution in [3.8, 4) is 0 Å². The molecule has 2 aromatic rings. The lowest BCUT2D eigenvalue weighted by Crippen LogP contribution is -2.51. The number of anilines is 2. The smallest absolute Gasteiger partial charge is 0.319 e. The maximum absolute atomic E-state index is 12.6. The van der Waals surface area contributed by atoms with E-state index in [1.54, 1.807) is 48.5 Å². The Morgan fingerprint density at radius 2 is 1.47 bits per heavy atom. The largest absolute Gasteiger partial charge is 0.337 e. The van der Waals surface area contributed by atoms with Crippen LogP contribution in [-0.4, -0.2) is 24.6 Å². The summed E-state index contributed by atoms with van der Waals surface area (Å²) in [5.74, 6) is 0. The van der Waals surface area contributed by atoms with Crippen molar-refractivity contribution in [3.05, 3.63) is 58.6 Å². The van der Waals surface area contributed by atoms with Crippen LogP contribution in [0.2, 0.25) is 10.0 Å². The van der Waals surface area contributed by atoms with E-state index in [1.165, 1.54) is 0 Å². The molecule has 0 unspecified atom stereocenters. The van der Waals surface area contributed by atoms with E-state index in [-0.39, 0.29) is 28.9 Å². The average molecular weight is 477 g/mol. The van der Waals surface area contributed by atoms with Gasteiger partial charge in [0.2, 0.25) is 0 Å². The summed E-state index contributed by atoms with van der Waals surface area (Å²) in [6, 6.07) is 13.5. The summed E-state index contributed by atoms with van der Waals surface area (Å²) in [4.78, 5) is 25.0. The molecule has 4 amide bonds. The van der Waals surface area contributed by atoms with Crippen molar-refractivity contribution in [2.24, 2.45) is 10.8 Å². The molecule has 0 heterocycles. The van der Waals surface area contributed by atoms with Gasteiger partial charge in [0.25, 0.3) is 0 Å². The molecule has 1 fully saturated rings. The number of carbonyl (C=O) groups is 2. The van der Waals surface area contributed by atoms with E-state index < -0.39 is 0 Å². The Bertz CT molecular complexity index is 982. The van der Waals surface area contributed by atoms with Crippen LogP contribution in [0.4, 0.5) is 21.0 Å². The zero-order valence-electron chi connectivity index (χ0n) is 18.6. The fourth-order valence-corrected chi connectivity index (χ4v) is 5.21. The molecule has 6 nitrogen and oxygen atoms in total. The summed E-state index contributed by atoms with van der Waals surface area (Å²) >= 11 is 12.0. The molecule has 0 saturated heterocycles. The molecule has 1 saturated carbocycles. The van der Waals surface area contributed by atoms with Gasteiger partial charge in [-0.1, -0.05) is 56.1 Å². The van der Waals surface area contributed by atoms with Gasteiger partial charge in [0, 0.05) is 34.0 Å². The Morgan fingerprint density at radius 3 is 2.03 bits per heavy atom. The van der Waals surface area contributed by atoms with Gasteiger partial charge in [-0.2, -0.15) is 0 Å². The average Bonchev–Trinajstić information content (AvgIpc) is 2.65. The van der Waals surface area contributed by atoms with Crippen molar-refractivity contribution in [2.45, 2.75) is 46.1 Å². The summed E-state index contributed by atoms with van der Waals surface area (Å²) in [6.45, 7) is 7.04. The predicted molar refractivity (Wildman–Crippen MR) is 132 cm³/mol. The minimum atomic E-state index is -0.278. The van der Waals surface area contributed by atoms with E-state index in [9.17, 15) is 9.59 Å². The molecule has 2 atom stereocenters. The molecule has 8 heteroatoms. The second-order valence-electron chi connectivity index (χ2n) is 9.68. The molecular formula is C24H30Cl2N4O2. The van der Waals surface area contributed by atoms with Crippen molar-refractivity contribution in [1.29, 1.82) is 0 Å². The van der Waals surface area contributed by atoms with Crippen LogP contribution in [0.1, 0.15) is 40.0 Å². The molecule has 0 spiro atoms. The van der Waals surface area contributed by atoms with E-state index in [1.807, 2.05) is 0 Å². The van der Waals surface area contributed by atoms with Gasteiger partial charge >= 0.3 is 12.1 Å². The summed E-state index contributed by atoms with van der Waals surface area (Å²) in [6.07, 6.45) is 2.56. The number of urea groups is 2. The minimum absolute atomic E-state index is 0.0132. The van der Waals surface area contributed by atoms with Crippen LogP contribution in [0.15, 0.2) is 48.5 Å². The Balaban J connectivity index is 1.57. The number of halogens is 2. The lowest BCUT2D eigenvalue weighted by Gasteiger charge is -2.46. The number of benzene rings is 2. The number of hydrogen-bond donors (Lipinski definition) is 4. The van der Waals surface area contributed by atoms with Crippen LogP contribution in [-0.2, 0) is 0 Å². The highest BCUT2D eigenvalue weighted by Crippen LogP contribution is 2.45. The van der Waals surface area contributed by atoms with Gasteiger partial charge in [-0.15, -0.1) is 0 Å². The fraction of sp³-hybridized carbons (Fsp3) is 0.417. The van der Waals surface area contributed by atoms with E-state index in [0.29, 0.717) is 28.0 Å². The van der Waals surface area contributed by atoms with Crippen molar-refractivity contribution >= 4 is 46.6 Å². The van der Waals surface area contributed by atoms with E-state index in [4.69, 9.17) is 23.2 Å². The van der Waals surface area contributed by atoms with Crippen LogP contribution in [0.5, 0.6) is 0 Å². The molecule has 1 aliphatic carbocycles. The second kappa shape index (κ2) is 10.0. The Hall–Kier alpha value is -2.44. The first-order chi connectivity index (χ1) is 15.0. The Labute approximate surface area is 199 Å². The highest BCUT2D eigenvalue weighted by Gasteiger charge is 2.41. The third-order valence-electron chi connectivity index (χ3n) is 5.62. The third kappa shape index (κ3) is 7.31. The number of rotatable bonds is 5.